The smallest absolute Gasteiger partial charge is 0.270 e. The molecule has 27 heavy (non-hydrogen) atoms. The highest BCUT2D eigenvalue weighted by Gasteiger charge is 2.25. The first-order valence-corrected chi connectivity index (χ1v) is 9.65. The first kappa shape index (κ1) is 19.2. The molecule has 1 aliphatic rings. The van der Waals surface area contributed by atoms with Crippen molar-refractivity contribution in [2.24, 2.45) is 13.0 Å². The molecule has 1 aromatic carbocycles. The van der Waals surface area contributed by atoms with Crippen molar-refractivity contribution in [1.29, 1.82) is 5.26 Å². The van der Waals surface area contributed by atoms with Gasteiger partial charge in [0.25, 0.3) is 5.91 Å². The van der Waals surface area contributed by atoms with E-state index < -0.39 is 0 Å². The Labute approximate surface area is 161 Å². The molecule has 2 heterocycles. The maximum Gasteiger partial charge on any atom is 0.270 e. The number of carbonyl (C=O) groups excluding carboxylic acids is 1. The lowest BCUT2D eigenvalue weighted by atomic mass is 9.97. The standard InChI is InChI=1S/C22H28N4O/c1-24-11-6-9-19(15-24)17-26(12-10-18-7-4-3-5-8-18)22(27)21-13-20(14-23)16-25(21)2/h3-5,7-8,13,16,19H,6,9-12,15,17H2,1-2H3/t19-/m0/s1. The molecule has 0 radical (unpaired) electrons. The Morgan fingerprint density at radius 2 is 2.07 bits per heavy atom. The summed E-state index contributed by atoms with van der Waals surface area (Å²) < 4.78 is 1.77. The molecule has 1 fully saturated rings. The van der Waals surface area contributed by atoms with E-state index in [0.29, 0.717) is 23.7 Å². The number of rotatable bonds is 6. The van der Waals surface area contributed by atoms with Crippen LogP contribution in [0.3, 0.4) is 0 Å². The van der Waals surface area contributed by atoms with Crippen LogP contribution in [0.25, 0.3) is 0 Å². The Morgan fingerprint density at radius 1 is 1.30 bits per heavy atom. The number of nitriles is 1. The molecule has 0 saturated carbocycles. The van der Waals surface area contributed by atoms with E-state index in [4.69, 9.17) is 5.26 Å². The number of hydrogen-bond donors (Lipinski definition) is 0. The van der Waals surface area contributed by atoms with Gasteiger partial charge in [0.15, 0.2) is 0 Å². The summed E-state index contributed by atoms with van der Waals surface area (Å²) in [5.41, 5.74) is 2.35. The molecule has 0 N–H and O–H groups in total. The molecular weight excluding hydrogens is 336 g/mol. The van der Waals surface area contributed by atoms with Gasteiger partial charge in [-0.1, -0.05) is 30.3 Å². The molecule has 5 heteroatoms. The normalized spacial score (nSPS) is 17.4. The fourth-order valence-electron chi connectivity index (χ4n) is 3.92. The molecule has 0 unspecified atom stereocenters. The van der Waals surface area contributed by atoms with Crippen molar-refractivity contribution in [1.82, 2.24) is 14.4 Å². The quantitative estimate of drug-likeness (QED) is 0.792. The minimum absolute atomic E-state index is 0.0168. The Hall–Kier alpha value is -2.58. The molecule has 5 nitrogen and oxygen atoms in total. The Bertz CT molecular complexity index is 805. The number of amides is 1. The highest BCUT2D eigenvalue weighted by molar-refractivity contribution is 5.93. The number of hydrogen-bond acceptors (Lipinski definition) is 3. The number of piperidine rings is 1. The maximum absolute atomic E-state index is 13.3. The second kappa shape index (κ2) is 8.88. The van der Waals surface area contributed by atoms with Gasteiger partial charge in [-0.15, -0.1) is 0 Å². The number of benzene rings is 1. The Kier molecular flexibility index (Phi) is 6.31. The second-order valence-electron chi connectivity index (χ2n) is 7.59. The summed E-state index contributed by atoms with van der Waals surface area (Å²) in [4.78, 5) is 17.6. The molecule has 1 aliphatic heterocycles. The van der Waals surface area contributed by atoms with Crippen LogP contribution in [-0.4, -0.2) is 53.5 Å². The molecule has 1 aromatic heterocycles. The van der Waals surface area contributed by atoms with Crippen molar-refractivity contribution in [2.75, 3.05) is 33.2 Å². The lowest BCUT2D eigenvalue weighted by Crippen LogP contribution is -2.42. The summed E-state index contributed by atoms with van der Waals surface area (Å²) in [6.07, 6.45) is 4.91. The van der Waals surface area contributed by atoms with Crippen LogP contribution in [0.5, 0.6) is 0 Å². The first-order chi connectivity index (χ1) is 13.1. The number of likely N-dealkylation sites (tertiary alicyclic amines) is 1. The van der Waals surface area contributed by atoms with E-state index in [1.165, 1.54) is 12.0 Å². The third-order valence-electron chi connectivity index (χ3n) is 5.35. The lowest BCUT2D eigenvalue weighted by molar-refractivity contribution is 0.0684. The van der Waals surface area contributed by atoms with Crippen LogP contribution in [0.2, 0.25) is 0 Å². The van der Waals surface area contributed by atoms with Crippen LogP contribution in [0, 0.1) is 17.2 Å². The fourth-order valence-corrected chi connectivity index (χ4v) is 3.92. The minimum Gasteiger partial charge on any atom is -0.345 e. The van der Waals surface area contributed by atoms with Crippen LogP contribution in [0.4, 0.5) is 0 Å². The maximum atomic E-state index is 13.3. The summed E-state index contributed by atoms with van der Waals surface area (Å²) in [5.74, 6) is 0.516. The van der Waals surface area contributed by atoms with Crippen LogP contribution < -0.4 is 0 Å². The van der Waals surface area contributed by atoms with Gasteiger partial charge in [-0.3, -0.25) is 4.79 Å². The van der Waals surface area contributed by atoms with Crippen LogP contribution in [0.1, 0.15) is 34.5 Å². The van der Waals surface area contributed by atoms with E-state index in [1.807, 2.05) is 30.1 Å². The van der Waals surface area contributed by atoms with Crippen molar-refractivity contribution >= 4 is 5.91 Å². The number of nitrogens with zero attached hydrogens (tertiary/aromatic N) is 4. The molecule has 142 valence electrons. The molecule has 3 rings (SSSR count). The first-order valence-electron chi connectivity index (χ1n) is 9.65. The largest absolute Gasteiger partial charge is 0.345 e. The van der Waals surface area contributed by atoms with Gasteiger partial charge in [0, 0.05) is 32.9 Å². The molecule has 0 bridgehead atoms. The van der Waals surface area contributed by atoms with Crippen LogP contribution >= 0.6 is 0 Å². The number of aromatic nitrogens is 1. The Morgan fingerprint density at radius 3 is 2.74 bits per heavy atom. The zero-order valence-corrected chi connectivity index (χ0v) is 16.3. The summed E-state index contributed by atoms with van der Waals surface area (Å²) in [6, 6.07) is 14.1. The van der Waals surface area contributed by atoms with Gasteiger partial charge in [-0.05, 0) is 50.4 Å². The predicted molar refractivity (Wildman–Crippen MR) is 106 cm³/mol. The average molecular weight is 364 g/mol. The van der Waals surface area contributed by atoms with Gasteiger partial charge in [-0.25, -0.2) is 0 Å². The van der Waals surface area contributed by atoms with E-state index in [0.717, 1.165) is 32.5 Å². The van der Waals surface area contributed by atoms with Crippen molar-refractivity contribution in [3.05, 3.63) is 59.4 Å². The van der Waals surface area contributed by atoms with Gasteiger partial charge in [0.2, 0.25) is 0 Å². The van der Waals surface area contributed by atoms with E-state index in [-0.39, 0.29) is 5.91 Å². The van der Waals surface area contributed by atoms with Gasteiger partial charge in [-0.2, -0.15) is 5.26 Å². The zero-order valence-electron chi connectivity index (χ0n) is 16.3. The summed E-state index contributed by atoms with van der Waals surface area (Å²) in [5, 5.41) is 9.14. The van der Waals surface area contributed by atoms with E-state index in [1.54, 1.807) is 16.8 Å². The minimum atomic E-state index is 0.0168. The molecule has 1 atom stereocenters. The van der Waals surface area contributed by atoms with E-state index in [2.05, 4.69) is 30.1 Å². The molecular formula is C22H28N4O. The van der Waals surface area contributed by atoms with Crippen LogP contribution in [0.15, 0.2) is 42.6 Å². The van der Waals surface area contributed by atoms with Gasteiger partial charge >= 0.3 is 0 Å². The molecule has 1 amide bonds. The third kappa shape index (κ3) is 4.99. The summed E-state index contributed by atoms with van der Waals surface area (Å²) in [7, 11) is 3.98. The topological polar surface area (TPSA) is 52.3 Å². The number of carbonyl (C=O) groups is 1. The lowest BCUT2D eigenvalue weighted by Gasteiger charge is -2.34. The van der Waals surface area contributed by atoms with Crippen molar-refractivity contribution in [2.45, 2.75) is 19.3 Å². The SMILES string of the molecule is CN1CCC[C@H](CN(CCc2ccccc2)C(=O)c2cc(C#N)cn2C)C1. The third-order valence-corrected chi connectivity index (χ3v) is 5.35. The van der Waals surface area contributed by atoms with Gasteiger partial charge in [0.05, 0.1) is 5.56 Å². The van der Waals surface area contributed by atoms with Crippen LogP contribution in [-0.2, 0) is 13.5 Å². The summed E-state index contributed by atoms with van der Waals surface area (Å²) >= 11 is 0. The average Bonchev–Trinajstić information content (AvgIpc) is 3.06. The highest BCUT2D eigenvalue weighted by Crippen LogP contribution is 2.19. The van der Waals surface area contributed by atoms with E-state index >= 15 is 0 Å². The van der Waals surface area contributed by atoms with Crippen molar-refractivity contribution < 1.29 is 4.79 Å². The predicted octanol–water partition coefficient (Wildman–Crippen LogP) is 2.92. The monoisotopic (exact) mass is 364 g/mol. The molecule has 0 aliphatic carbocycles. The van der Waals surface area contributed by atoms with Gasteiger partial charge < -0.3 is 14.4 Å². The van der Waals surface area contributed by atoms with Crippen molar-refractivity contribution in [3.8, 4) is 6.07 Å². The van der Waals surface area contributed by atoms with Crippen molar-refractivity contribution in [3.63, 3.8) is 0 Å². The second-order valence-corrected chi connectivity index (χ2v) is 7.59. The zero-order chi connectivity index (χ0) is 19.2. The molecule has 1 saturated heterocycles. The highest BCUT2D eigenvalue weighted by atomic mass is 16.2. The number of aryl methyl sites for hydroxylation is 1. The molecule has 2 aromatic rings. The Balaban J connectivity index is 1.76. The van der Waals surface area contributed by atoms with Gasteiger partial charge in [0.1, 0.15) is 11.8 Å². The fraction of sp³-hybridized carbons (Fsp3) is 0.455. The van der Waals surface area contributed by atoms with E-state index in [9.17, 15) is 4.79 Å². The molecule has 0 spiro atoms. The summed E-state index contributed by atoms with van der Waals surface area (Å²) in [6.45, 7) is 3.63.